The van der Waals surface area contributed by atoms with Crippen molar-refractivity contribution in [2.75, 3.05) is 26.9 Å². The third kappa shape index (κ3) is 5.49. The molecule has 0 heterocycles. The topological polar surface area (TPSA) is 85.9 Å². The lowest BCUT2D eigenvalue weighted by Gasteiger charge is -2.10. The van der Waals surface area contributed by atoms with Gasteiger partial charge in [-0.25, -0.2) is 0 Å². The predicted octanol–water partition coefficient (Wildman–Crippen LogP) is 2.19. The largest absolute Gasteiger partial charge is 0.496 e. The Hall–Kier alpha value is -3.06. The van der Waals surface area contributed by atoms with Crippen molar-refractivity contribution in [1.82, 2.24) is 10.9 Å². The van der Waals surface area contributed by atoms with E-state index in [0.717, 1.165) is 0 Å². The number of para-hydroxylation sites is 1. The number of ether oxygens (including phenoxy) is 3. The molecule has 0 bridgehead atoms. The van der Waals surface area contributed by atoms with Gasteiger partial charge >= 0.3 is 0 Å². The van der Waals surface area contributed by atoms with Crippen molar-refractivity contribution < 1.29 is 23.8 Å². The Morgan fingerprint density at radius 3 is 2.31 bits per heavy atom. The molecular formula is C19H22N2O5. The highest BCUT2D eigenvalue weighted by molar-refractivity contribution is 6.00. The molecule has 0 saturated carbocycles. The second-order valence-corrected chi connectivity index (χ2v) is 5.18. The number of amides is 2. The van der Waals surface area contributed by atoms with Gasteiger partial charge in [-0.15, -0.1) is 0 Å². The summed E-state index contributed by atoms with van der Waals surface area (Å²) in [5.41, 5.74) is 5.46. The number of rotatable bonds is 8. The summed E-state index contributed by atoms with van der Waals surface area (Å²) in [6.45, 7) is 3.51. The first kappa shape index (κ1) is 19.3. The first-order chi connectivity index (χ1) is 12.7. The summed E-state index contributed by atoms with van der Waals surface area (Å²) < 4.78 is 15.8. The SMILES string of the molecule is CCOCCOc1ccc(C(=O)NNC(=O)c2ccccc2OC)cc1. The van der Waals surface area contributed by atoms with Crippen molar-refractivity contribution in [3.05, 3.63) is 59.7 Å². The molecule has 26 heavy (non-hydrogen) atoms. The van der Waals surface area contributed by atoms with Gasteiger partial charge in [0.2, 0.25) is 0 Å². The summed E-state index contributed by atoms with van der Waals surface area (Å²) >= 11 is 0. The second-order valence-electron chi connectivity index (χ2n) is 5.18. The molecule has 0 unspecified atom stereocenters. The van der Waals surface area contributed by atoms with E-state index in [2.05, 4.69) is 10.9 Å². The molecule has 0 radical (unpaired) electrons. The molecule has 7 heteroatoms. The number of hydrogen-bond donors (Lipinski definition) is 2. The summed E-state index contributed by atoms with van der Waals surface area (Å²) in [6, 6.07) is 13.3. The average molecular weight is 358 g/mol. The molecule has 0 aliphatic heterocycles. The van der Waals surface area contributed by atoms with Crippen molar-refractivity contribution in [3.63, 3.8) is 0 Å². The highest BCUT2D eigenvalue weighted by Gasteiger charge is 2.13. The number of carbonyl (C=O) groups is 2. The van der Waals surface area contributed by atoms with Crippen LogP contribution in [0, 0.1) is 0 Å². The van der Waals surface area contributed by atoms with Gasteiger partial charge in [-0.3, -0.25) is 20.4 Å². The first-order valence-corrected chi connectivity index (χ1v) is 8.20. The van der Waals surface area contributed by atoms with Gasteiger partial charge in [-0.2, -0.15) is 0 Å². The fourth-order valence-electron chi connectivity index (χ4n) is 2.15. The van der Waals surface area contributed by atoms with Crippen molar-refractivity contribution in [1.29, 1.82) is 0 Å². The molecule has 0 atom stereocenters. The molecule has 2 rings (SSSR count). The summed E-state index contributed by atoms with van der Waals surface area (Å²) in [5, 5.41) is 0. The molecule has 2 aromatic rings. The Labute approximate surface area is 152 Å². The Kier molecular flexibility index (Phi) is 7.45. The lowest BCUT2D eigenvalue weighted by atomic mass is 10.2. The average Bonchev–Trinajstić information content (AvgIpc) is 2.69. The van der Waals surface area contributed by atoms with E-state index in [9.17, 15) is 9.59 Å². The molecule has 2 amide bonds. The molecule has 0 spiro atoms. The lowest BCUT2D eigenvalue weighted by Crippen LogP contribution is -2.41. The maximum absolute atomic E-state index is 12.1. The van der Waals surface area contributed by atoms with Crippen LogP contribution in [-0.4, -0.2) is 38.7 Å². The van der Waals surface area contributed by atoms with Crippen LogP contribution in [0.5, 0.6) is 11.5 Å². The molecule has 0 aliphatic carbocycles. The summed E-state index contributed by atoms with van der Waals surface area (Å²) in [7, 11) is 1.47. The Morgan fingerprint density at radius 2 is 1.62 bits per heavy atom. The Balaban J connectivity index is 1.86. The second kappa shape index (κ2) is 10.0. The van der Waals surface area contributed by atoms with Crippen molar-refractivity contribution in [2.24, 2.45) is 0 Å². The zero-order chi connectivity index (χ0) is 18.8. The smallest absolute Gasteiger partial charge is 0.273 e. The van der Waals surface area contributed by atoms with Crippen LogP contribution in [0.4, 0.5) is 0 Å². The van der Waals surface area contributed by atoms with Crippen molar-refractivity contribution in [3.8, 4) is 11.5 Å². The van der Waals surface area contributed by atoms with Gasteiger partial charge in [-0.1, -0.05) is 12.1 Å². The molecule has 138 valence electrons. The number of hydrogen-bond acceptors (Lipinski definition) is 5. The van der Waals surface area contributed by atoms with Crippen molar-refractivity contribution in [2.45, 2.75) is 6.92 Å². The van der Waals surface area contributed by atoms with Gasteiger partial charge in [0.1, 0.15) is 18.1 Å². The molecule has 2 N–H and O–H groups in total. The van der Waals surface area contributed by atoms with E-state index in [1.54, 1.807) is 48.5 Å². The van der Waals surface area contributed by atoms with E-state index in [1.807, 2.05) is 6.92 Å². The van der Waals surface area contributed by atoms with Gasteiger partial charge in [0.25, 0.3) is 11.8 Å². The highest BCUT2D eigenvalue weighted by Crippen LogP contribution is 2.16. The maximum Gasteiger partial charge on any atom is 0.273 e. The van der Waals surface area contributed by atoms with Crippen LogP contribution >= 0.6 is 0 Å². The van der Waals surface area contributed by atoms with Gasteiger partial charge in [0.05, 0.1) is 19.3 Å². The van der Waals surface area contributed by atoms with E-state index < -0.39 is 11.8 Å². The van der Waals surface area contributed by atoms with Gasteiger partial charge in [0.15, 0.2) is 0 Å². The standard InChI is InChI=1S/C19H22N2O5/c1-3-25-12-13-26-15-10-8-14(9-11-15)18(22)20-21-19(23)16-6-4-5-7-17(16)24-2/h4-11H,3,12-13H2,1-2H3,(H,20,22)(H,21,23). The minimum absolute atomic E-state index is 0.327. The third-order valence-corrected chi connectivity index (χ3v) is 3.46. The van der Waals surface area contributed by atoms with Gasteiger partial charge in [-0.05, 0) is 43.3 Å². The third-order valence-electron chi connectivity index (χ3n) is 3.46. The number of methoxy groups -OCH3 is 1. The van der Waals surface area contributed by atoms with Gasteiger partial charge < -0.3 is 14.2 Å². The highest BCUT2D eigenvalue weighted by atomic mass is 16.5. The Bertz CT molecular complexity index is 731. The fraction of sp³-hybridized carbons (Fsp3) is 0.263. The van der Waals surface area contributed by atoms with Crippen LogP contribution in [-0.2, 0) is 4.74 Å². The summed E-state index contributed by atoms with van der Waals surface area (Å²) in [5.74, 6) is 0.160. The zero-order valence-electron chi connectivity index (χ0n) is 14.8. The molecule has 0 saturated heterocycles. The van der Waals surface area contributed by atoms with Crippen LogP contribution in [0.25, 0.3) is 0 Å². The molecule has 0 fully saturated rings. The molecule has 2 aromatic carbocycles. The fourth-order valence-corrected chi connectivity index (χ4v) is 2.15. The predicted molar refractivity (Wildman–Crippen MR) is 96.4 cm³/mol. The van der Waals surface area contributed by atoms with Crippen molar-refractivity contribution >= 4 is 11.8 Å². The van der Waals surface area contributed by atoms with E-state index in [-0.39, 0.29) is 0 Å². The van der Waals surface area contributed by atoms with E-state index in [4.69, 9.17) is 14.2 Å². The number of nitrogens with one attached hydrogen (secondary N) is 2. The molecular weight excluding hydrogens is 336 g/mol. The molecule has 7 nitrogen and oxygen atoms in total. The number of carbonyl (C=O) groups excluding carboxylic acids is 2. The van der Waals surface area contributed by atoms with Crippen LogP contribution in [0.15, 0.2) is 48.5 Å². The van der Waals surface area contributed by atoms with E-state index >= 15 is 0 Å². The maximum atomic E-state index is 12.1. The van der Waals surface area contributed by atoms with Crippen LogP contribution in [0.3, 0.4) is 0 Å². The number of hydrazine groups is 1. The van der Waals surface area contributed by atoms with Gasteiger partial charge in [0, 0.05) is 12.2 Å². The Morgan fingerprint density at radius 1 is 0.923 bits per heavy atom. The quantitative estimate of drug-likeness (QED) is 0.558. The molecule has 0 aliphatic rings. The summed E-state index contributed by atoms with van der Waals surface area (Å²) in [4.78, 5) is 24.3. The molecule has 0 aromatic heterocycles. The van der Waals surface area contributed by atoms with Crippen LogP contribution in [0.1, 0.15) is 27.6 Å². The lowest BCUT2D eigenvalue weighted by molar-refractivity contribution is 0.0845. The minimum Gasteiger partial charge on any atom is -0.496 e. The van der Waals surface area contributed by atoms with E-state index in [0.29, 0.717) is 42.4 Å². The van der Waals surface area contributed by atoms with E-state index in [1.165, 1.54) is 7.11 Å². The number of benzene rings is 2. The summed E-state index contributed by atoms with van der Waals surface area (Å²) in [6.07, 6.45) is 0. The normalized spacial score (nSPS) is 10.1. The first-order valence-electron chi connectivity index (χ1n) is 8.20. The zero-order valence-corrected chi connectivity index (χ0v) is 14.8. The van der Waals surface area contributed by atoms with Crippen LogP contribution < -0.4 is 20.3 Å². The van der Waals surface area contributed by atoms with Crippen LogP contribution in [0.2, 0.25) is 0 Å². The minimum atomic E-state index is -0.466. The monoisotopic (exact) mass is 358 g/mol.